The molecule has 0 radical (unpaired) electrons. The van der Waals surface area contributed by atoms with Gasteiger partial charge in [0.2, 0.25) is 10.9 Å². The van der Waals surface area contributed by atoms with E-state index in [2.05, 4.69) is 0 Å². The Labute approximate surface area is 107 Å². The van der Waals surface area contributed by atoms with Crippen molar-refractivity contribution in [2.45, 2.75) is 0 Å². The number of hydrogen-bond acceptors (Lipinski definition) is 4. The van der Waals surface area contributed by atoms with Gasteiger partial charge in [0.15, 0.2) is 0 Å². The van der Waals surface area contributed by atoms with Gasteiger partial charge in [0.1, 0.15) is 11.5 Å². The van der Waals surface area contributed by atoms with Crippen molar-refractivity contribution in [3.05, 3.63) is 79.2 Å². The maximum atomic E-state index is 11.6. The van der Waals surface area contributed by atoms with Gasteiger partial charge in [-0.3, -0.25) is 14.4 Å². The van der Waals surface area contributed by atoms with Crippen LogP contribution in [0, 0.1) is 0 Å². The highest BCUT2D eigenvalue weighted by Crippen LogP contribution is 2.22. The average Bonchev–Trinajstić information content (AvgIpc) is 2.65. The van der Waals surface area contributed by atoms with Gasteiger partial charge in [-0.2, -0.15) is 0 Å². The SMILES string of the molecule is O=c1c(=O)c2ccc(Oc3ccccc3)cc2c1=O. The summed E-state index contributed by atoms with van der Waals surface area (Å²) in [6, 6.07) is 13.5. The fraction of sp³-hybridized carbons (Fsp3) is 0. The smallest absolute Gasteiger partial charge is 0.273 e. The first-order chi connectivity index (χ1) is 9.16. The molecule has 0 amide bonds. The molecule has 3 rings (SSSR count). The fourth-order valence-electron chi connectivity index (χ4n) is 1.95. The second-order valence-corrected chi connectivity index (χ2v) is 4.11. The molecule has 4 heteroatoms. The molecule has 0 aliphatic rings. The lowest BCUT2D eigenvalue weighted by Crippen LogP contribution is -2.29. The van der Waals surface area contributed by atoms with Crippen LogP contribution >= 0.6 is 0 Å². The Bertz CT molecular complexity index is 888. The molecule has 3 aromatic rings. The van der Waals surface area contributed by atoms with E-state index in [0.717, 1.165) is 0 Å². The van der Waals surface area contributed by atoms with Gasteiger partial charge in [-0.25, -0.2) is 0 Å². The molecule has 0 aliphatic carbocycles. The topological polar surface area (TPSA) is 60.4 Å². The summed E-state index contributed by atoms with van der Waals surface area (Å²) in [5, 5.41) is 0.263. The van der Waals surface area contributed by atoms with Gasteiger partial charge in [-0.1, -0.05) is 18.2 Å². The van der Waals surface area contributed by atoms with Gasteiger partial charge in [0, 0.05) is 10.8 Å². The molecule has 0 heterocycles. The molecule has 3 aromatic carbocycles. The van der Waals surface area contributed by atoms with Crippen molar-refractivity contribution < 1.29 is 4.74 Å². The molecule has 0 N–H and O–H groups in total. The highest BCUT2D eigenvalue weighted by atomic mass is 16.5. The minimum atomic E-state index is -0.980. The van der Waals surface area contributed by atoms with Crippen molar-refractivity contribution in [1.82, 2.24) is 0 Å². The first kappa shape index (κ1) is 11.3. The minimum absolute atomic E-state index is 0.114. The van der Waals surface area contributed by atoms with Crippen LogP contribution in [0.3, 0.4) is 0 Å². The number of benzene rings is 2. The molecule has 0 aliphatic heterocycles. The van der Waals surface area contributed by atoms with Gasteiger partial charge < -0.3 is 4.74 Å². The summed E-state index contributed by atoms with van der Waals surface area (Å²) in [5.41, 5.74) is -2.49. The van der Waals surface area contributed by atoms with Gasteiger partial charge in [-0.05, 0) is 30.3 Å². The van der Waals surface area contributed by atoms with Crippen LogP contribution in [0.4, 0.5) is 0 Å². The molecule has 0 unspecified atom stereocenters. The Morgan fingerprint density at radius 3 is 2.05 bits per heavy atom. The van der Waals surface area contributed by atoms with E-state index in [1.807, 2.05) is 18.2 Å². The minimum Gasteiger partial charge on any atom is -0.457 e. The van der Waals surface area contributed by atoms with E-state index in [-0.39, 0.29) is 10.8 Å². The predicted molar refractivity (Wildman–Crippen MR) is 71.6 cm³/mol. The number of hydrogen-bond donors (Lipinski definition) is 0. The first-order valence-corrected chi connectivity index (χ1v) is 5.67. The lowest BCUT2D eigenvalue weighted by molar-refractivity contribution is 0.483. The van der Waals surface area contributed by atoms with Crippen LogP contribution in [-0.4, -0.2) is 0 Å². The third-order valence-electron chi connectivity index (χ3n) is 2.87. The molecule has 19 heavy (non-hydrogen) atoms. The highest BCUT2D eigenvalue weighted by molar-refractivity contribution is 5.84. The summed E-state index contributed by atoms with van der Waals surface area (Å²) >= 11 is 0. The molecule has 4 nitrogen and oxygen atoms in total. The Hall–Kier alpha value is -2.75. The van der Waals surface area contributed by atoms with Crippen LogP contribution in [0.25, 0.3) is 10.8 Å². The summed E-state index contributed by atoms with van der Waals surface area (Å²) in [6.07, 6.45) is 0. The molecule has 0 spiro atoms. The molecule has 0 fully saturated rings. The molecule has 0 aromatic heterocycles. The van der Waals surface area contributed by atoms with Gasteiger partial charge >= 0.3 is 0 Å². The maximum absolute atomic E-state index is 11.6. The summed E-state index contributed by atoms with van der Waals surface area (Å²) < 4.78 is 5.55. The van der Waals surface area contributed by atoms with E-state index in [1.165, 1.54) is 12.1 Å². The zero-order valence-corrected chi connectivity index (χ0v) is 9.75. The van der Waals surface area contributed by atoms with Crippen LogP contribution in [0.5, 0.6) is 11.5 Å². The van der Waals surface area contributed by atoms with Crippen molar-refractivity contribution >= 4 is 10.8 Å². The van der Waals surface area contributed by atoms with E-state index in [9.17, 15) is 14.4 Å². The average molecular weight is 252 g/mol. The van der Waals surface area contributed by atoms with Crippen LogP contribution in [-0.2, 0) is 0 Å². The summed E-state index contributed by atoms with van der Waals surface area (Å²) in [5.74, 6) is 1.03. The summed E-state index contributed by atoms with van der Waals surface area (Å²) in [7, 11) is 0. The Kier molecular flexibility index (Phi) is 2.49. The summed E-state index contributed by atoms with van der Waals surface area (Å²) in [4.78, 5) is 34.3. The molecule has 0 atom stereocenters. The molecule has 0 saturated heterocycles. The monoisotopic (exact) mass is 252 g/mol. The number of para-hydroxylation sites is 1. The third kappa shape index (κ3) is 1.83. The molecule has 0 bridgehead atoms. The van der Waals surface area contributed by atoms with Crippen molar-refractivity contribution in [3.8, 4) is 11.5 Å². The highest BCUT2D eigenvalue weighted by Gasteiger charge is 2.12. The maximum Gasteiger partial charge on any atom is 0.273 e. The molecule has 0 saturated carbocycles. The number of rotatable bonds is 2. The van der Waals surface area contributed by atoms with E-state index in [1.54, 1.807) is 18.2 Å². The van der Waals surface area contributed by atoms with Crippen LogP contribution < -0.4 is 21.0 Å². The third-order valence-corrected chi connectivity index (χ3v) is 2.87. The fourth-order valence-corrected chi connectivity index (χ4v) is 1.95. The van der Waals surface area contributed by atoms with Crippen LogP contribution in [0.15, 0.2) is 62.9 Å². The number of ether oxygens (including phenoxy) is 1. The Morgan fingerprint density at radius 2 is 1.32 bits per heavy atom. The Balaban J connectivity index is 2.13. The van der Waals surface area contributed by atoms with E-state index in [4.69, 9.17) is 4.74 Å². The van der Waals surface area contributed by atoms with Crippen molar-refractivity contribution in [2.75, 3.05) is 0 Å². The standard InChI is InChI=1S/C15H8O4/c16-13-11-7-6-10(8-12(11)14(17)15(13)18)19-9-4-2-1-3-5-9/h1-8H. The summed E-state index contributed by atoms with van der Waals surface area (Å²) in [6.45, 7) is 0. The number of fused-ring (bicyclic) bond motifs is 1. The van der Waals surface area contributed by atoms with Gasteiger partial charge in [0.25, 0.3) is 5.43 Å². The van der Waals surface area contributed by atoms with E-state index in [0.29, 0.717) is 11.5 Å². The quantitative estimate of drug-likeness (QED) is 0.650. The molecular weight excluding hydrogens is 244 g/mol. The predicted octanol–water partition coefficient (Wildman–Crippen LogP) is 1.59. The normalized spacial score (nSPS) is 10.7. The largest absolute Gasteiger partial charge is 0.457 e. The zero-order valence-electron chi connectivity index (χ0n) is 9.75. The van der Waals surface area contributed by atoms with Crippen molar-refractivity contribution in [2.24, 2.45) is 0 Å². The second kappa shape index (κ2) is 4.17. The van der Waals surface area contributed by atoms with E-state index < -0.39 is 16.3 Å². The first-order valence-electron chi connectivity index (χ1n) is 5.67. The lowest BCUT2D eigenvalue weighted by Gasteiger charge is -2.04. The van der Waals surface area contributed by atoms with Crippen LogP contribution in [0.1, 0.15) is 0 Å². The second-order valence-electron chi connectivity index (χ2n) is 4.11. The van der Waals surface area contributed by atoms with E-state index >= 15 is 0 Å². The van der Waals surface area contributed by atoms with Crippen molar-refractivity contribution in [3.63, 3.8) is 0 Å². The van der Waals surface area contributed by atoms with Crippen LogP contribution in [0.2, 0.25) is 0 Å². The lowest BCUT2D eigenvalue weighted by atomic mass is 10.2. The molecular formula is C15H8O4. The van der Waals surface area contributed by atoms with Crippen molar-refractivity contribution in [1.29, 1.82) is 0 Å². The Morgan fingerprint density at radius 1 is 0.632 bits per heavy atom. The molecule has 92 valence electrons. The zero-order chi connectivity index (χ0) is 13.4. The van der Waals surface area contributed by atoms with Gasteiger partial charge in [-0.15, -0.1) is 0 Å². The van der Waals surface area contributed by atoms with Gasteiger partial charge in [0.05, 0.1) is 0 Å².